The van der Waals surface area contributed by atoms with E-state index in [1.54, 1.807) is 0 Å². The van der Waals surface area contributed by atoms with Crippen molar-refractivity contribution in [2.45, 2.75) is 6.18 Å². The van der Waals surface area contributed by atoms with Crippen LogP contribution in [0.3, 0.4) is 0 Å². The fraction of sp³-hybridized carbons (Fsp3) is 0.231. The van der Waals surface area contributed by atoms with Crippen LogP contribution in [0.4, 0.5) is 13.2 Å². The molecule has 1 saturated heterocycles. The second kappa shape index (κ2) is 6.15. The minimum absolute atomic E-state index is 0.0123. The summed E-state index contributed by atoms with van der Waals surface area (Å²) in [4.78, 5) is 22.6. The van der Waals surface area contributed by atoms with E-state index in [0.717, 1.165) is 35.7 Å². The number of ketones is 1. The van der Waals surface area contributed by atoms with Gasteiger partial charge in [-0.3, -0.25) is 4.79 Å². The van der Waals surface area contributed by atoms with Crippen molar-refractivity contribution in [2.75, 3.05) is 11.5 Å². The molecule has 0 amide bonds. The van der Waals surface area contributed by atoms with Crippen LogP contribution < -0.4 is 0 Å². The second-order valence-corrected chi connectivity index (χ2v) is 6.39. The van der Waals surface area contributed by atoms with E-state index in [1.165, 1.54) is 12.1 Å². The molecular weight excluding hydrogens is 325 g/mol. The quantitative estimate of drug-likeness (QED) is 0.839. The number of thioether (sulfide) groups is 2. The summed E-state index contributed by atoms with van der Waals surface area (Å²) < 4.78 is 38.5. The molecule has 1 aromatic carbocycles. The fourth-order valence-corrected chi connectivity index (χ4v) is 4.00. The molecule has 0 saturated carbocycles. The van der Waals surface area contributed by atoms with Crippen LogP contribution in [0.2, 0.25) is 0 Å². The summed E-state index contributed by atoms with van der Waals surface area (Å²) >= 11 is 2.09. The van der Waals surface area contributed by atoms with Gasteiger partial charge in [-0.1, -0.05) is 12.1 Å². The topological polar surface area (TPSA) is 54.4 Å². The van der Waals surface area contributed by atoms with Crippen LogP contribution in [0, 0.1) is 0 Å². The molecule has 2 rings (SSSR count). The summed E-state index contributed by atoms with van der Waals surface area (Å²) in [6.45, 7) is 0. The Balaban J connectivity index is 2.47. The number of benzene rings is 1. The van der Waals surface area contributed by atoms with Crippen molar-refractivity contribution in [3.05, 3.63) is 39.6 Å². The lowest BCUT2D eigenvalue weighted by Crippen LogP contribution is -2.12. The number of hydrogen-bond donors (Lipinski definition) is 1. The van der Waals surface area contributed by atoms with E-state index in [0.29, 0.717) is 4.24 Å². The van der Waals surface area contributed by atoms with E-state index >= 15 is 0 Å². The third kappa shape index (κ3) is 3.82. The van der Waals surface area contributed by atoms with Crippen molar-refractivity contribution in [1.29, 1.82) is 0 Å². The second-order valence-electron chi connectivity index (χ2n) is 4.16. The van der Waals surface area contributed by atoms with Crippen molar-refractivity contribution in [3.63, 3.8) is 0 Å². The van der Waals surface area contributed by atoms with Gasteiger partial charge < -0.3 is 5.11 Å². The standard InChI is InChI=1S/C13H9F3O3S2/c14-13(15,16)8-3-1-2-7(4-8)10(11(18)19)12-20-5-9(17)6-21-12/h1-4H,5-6H2,(H,18,19). The van der Waals surface area contributed by atoms with E-state index in [4.69, 9.17) is 0 Å². The van der Waals surface area contributed by atoms with Crippen LogP contribution >= 0.6 is 23.5 Å². The number of hydrogen-bond acceptors (Lipinski definition) is 4. The molecule has 3 nitrogen and oxygen atoms in total. The van der Waals surface area contributed by atoms with E-state index in [1.807, 2.05) is 0 Å². The highest BCUT2D eigenvalue weighted by Crippen LogP contribution is 2.40. The van der Waals surface area contributed by atoms with Gasteiger partial charge in [0.15, 0.2) is 5.78 Å². The Morgan fingerprint density at radius 2 is 1.81 bits per heavy atom. The minimum atomic E-state index is -4.53. The lowest BCUT2D eigenvalue weighted by Gasteiger charge is -2.16. The molecular formula is C13H9F3O3S2. The van der Waals surface area contributed by atoms with E-state index in [9.17, 15) is 27.9 Å². The zero-order valence-electron chi connectivity index (χ0n) is 10.4. The number of halogens is 3. The molecule has 21 heavy (non-hydrogen) atoms. The lowest BCUT2D eigenvalue weighted by atomic mass is 10.0. The Morgan fingerprint density at radius 1 is 1.19 bits per heavy atom. The van der Waals surface area contributed by atoms with Gasteiger partial charge in [0, 0.05) is 0 Å². The monoisotopic (exact) mass is 334 g/mol. The van der Waals surface area contributed by atoms with Crippen LogP contribution in [0.5, 0.6) is 0 Å². The number of aliphatic carboxylic acids is 1. The van der Waals surface area contributed by atoms with Gasteiger partial charge in [0.2, 0.25) is 0 Å². The summed E-state index contributed by atoms with van der Waals surface area (Å²) in [7, 11) is 0. The third-order valence-corrected chi connectivity index (χ3v) is 5.20. The molecule has 0 atom stereocenters. The number of carboxylic acid groups (broad SMARTS) is 1. The molecule has 0 aliphatic carbocycles. The van der Waals surface area contributed by atoms with Gasteiger partial charge in [0.25, 0.3) is 0 Å². The Kier molecular flexibility index (Phi) is 4.67. The van der Waals surface area contributed by atoms with Gasteiger partial charge in [-0.2, -0.15) is 13.2 Å². The first-order chi connectivity index (χ1) is 9.79. The maximum Gasteiger partial charge on any atom is 0.416 e. The van der Waals surface area contributed by atoms with E-state index < -0.39 is 17.7 Å². The molecule has 8 heteroatoms. The minimum Gasteiger partial charge on any atom is -0.478 e. The third-order valence-electron chi connectivity index (χ3n) is 2.63. The van der Waals surface area contributed by atoms with Gasteiger partial charge in [0.1, 0.15) is 0 Å². The summed E-state index contributed by atoms with van der Waals surface area (Å²) in [6, 6.07) is 4.19. The van der Waals surface area contributed by atoms with Crippen molar-refractivity contribution in [3.8, 4) is 0 Å². The van der Waals surface area contributed by atoms with Crippen molar-refractivity contribution in [1.82, 2.24) is 0 Å². The Bertz CT molecular complexity index is 611. The highest BCUT2D eigenvalue weighted by Gasteiger charge is 2.31. The lowest BCUT2D eigenvalue weighted by molar-refractivity contribution is -0.137. The molecule has 1 N–H and O–H groups in total. The molecule has 1 fully saturated rings. The van der Waals surface area contributed by atoms with E-state index in [2.05, 4.69) is 0 Å². The molecule has 0 aromatic heterocycles. The molecule has 0 radical (unpaired) electrons. The number of carbonyl (C=O) groups is 2. The smallest absolute Gasteiger partial charge is 0.416 e. The van der Waals surface area contributed by atoms with Crippen LogP contribution in [-0.4, -0.2) is 28.4 Å². The highest BCUT2D eigenvalue weighted by molar-refractivity contribution is 8.24. The summed E-state index contributed by atoms with van der Waals surface area (Å²) in [6.07, 6.45) is -4.53. The number of alkyl halides is 3. The number of carbonyl (C=O) groups excluding carboxylic acids is 1. The predicted octanol–water partition coefficient (Wildman–Crippen LogP) is 3.51. The summed E-state index contributed by atoms with van der Waals surface area (Å²) in [5.41, 5.74) is -1.11. The van der Waals surface area contributed by atoms with Gasteiger partial charge in [-0.25, -0.2) is 4.79 Å². The zero-order chi connectivity index (χ0) is 15.6. The van der Waals surface area contributed by atoms with Crippen LogP contribution in [0.15, 0.2) is 28.5 Å². The summed E-state index contributed by atoms with van der Waals surface area (Å²) in [5, 5.41) is 9.29. The zero-order valence-corrected chi connectivity index (χ0v) is 12.1. The predicted molar refractivity (Wildman–Crippen MR) is 75.9 cm³/mol. The van der Waals surface area contributed by atoms with Crippen LogP contribution in [0.25, 0.3) is 5.57 Å². The first kappa shape index (κ1) is 16.0. The molecule has 112 valence electrons. The number of rotatable bonds is 2. The van der Waals surface area contributed by atoms with Gasteiger partial charge >= 0.3 is 12.1 Å². The first-order valence-corrected chi connectivity index (χ1v) is 7.68. The normalized spacial score (nSPS) is 16.0. The average molecular weight is 334 g/mol. The first-order valence-electron chi connectivity index (χ1n) is 5.71. The van der Waals surface area contributed by atoms with Crippen LogP contribution in [-0.2, 0) is 15.8 Å². The molecule has 1 aliphatic rings. The van der Waals surface area contributed by atoms with Crippen molar-refractivity contribution in [2.24, 2.45) is 0 Å². The molecule has 1 heterocycles. The van der Waals surface area contributed by atoms with E-state index in [-0.39, 0.29) is 28.4 Å². The van der Waals surface area contributed by atoms with Gasteiger partial charge in [-0.15, -0.1) is 23.5 Å². The van der Waals surface area contributed by atoms with Crippen molar-refractivity contribution >= 4 is 40.8 Å². The molecule has 0 unspecified atom stereocenters. The number of Topliss-reactive ketones (excluding diaryl/α,β-unsaturated/α-hetero) is 1. The highest BCUT2D eigenvalue weighted by atomic mass is 32.2. The SMILES string of the molecule is O=C1CSC(=C(C(=O)O)c2cccc(C(F)(F)F)c2)SC1. The van der Waals surface area contributed by atoms with Gasteiger partial charge in [-0.05, 0) is 17.7 Å². The molecule has 1 aliphatic heterocycles. The van der Waals surface area contributed by atoms with Crippen LogP contribution in [0.1, 0.15) is 11.1 Å². The van der Waals surface area contributed by atoms with Crippen molar-refractivity contribution < 1.29 is 27.9 Å². The maximum absolute atomic E-state index is 12.7. The Morgan fingerprint density at radius 3 is 2.33 bits per heavy atom. The molecule has 0 bridgehead atoms. The molecule has 1 aromatic rings. The molecule has 0 spiro atoms. The average Bonchev–Trinajstić information content (AvgIpc) is 2.40. The Labute approximate surface area is 126 Å². The number of carboxylic acids is 1. The Hall–Kier alpha value is -1.41. The van der Waals surface area contributed by atoms with Gasteiger partial charge in [0.05, 0.1) is 26.9 Å². The largest absolute Gasteiger partial charge is 0.478 e. The summed E-state index contributed by atoms with van der Waals surface area (Å²) in [5.74, 6) is -1.06. The maximum atomic E-state index is 12.7. The fourth-order valence-electron chi connectivity index (χ4n) is 1.70.